The van der Waals surface area contributed by atoms with Gasteiger partial charge >= 0.3 is 5.97 Å². The highest BCUT2D eigenvalue weighted by Gasteiger charge is 2.33. The molecule has 1 amide bonds. The average Bonchev–Trinajstić information content (AvgIpc) is 2.50. The maximum Gasteiger partial charge on any atom is 0.325 e. The van der Waals surface area contributed by atoms with Crippen molar-refractivity contribution in [1.82, 2.24) is 10.2 Å². The molecule has 0 bridgehead atoms. The lowest BCUT2D eigenvalue weighted by Crippen LogP contribution is -2.53. The van der Waals surface area contributed by atoms with Gasteiger partial charge in [0.1, 0.15) is 6.54 Å². The molecule has 2 atom stereocenters. The van der Waals surface area contributed by atoms with E-state index in [0.29, 0.717) is 18.6 Å². The van der Waals surface area contributed by atoms with E-state index in [1.807, 2.05) is 0 Å². The fourth-order valence-electron chi connectivity index (χ4n) is 3.03. The molecule has 0 unspecified atom stereocenters. The van der Waals surface area contributed by atoms with Crippen molar-refractivity contribution in [1.29, 1.82) is 0 Å². The number of hydrogen-bond acceptors (Lipinski definition) is 5. The molecule has 1 aliphatic carbocycles. The van der Waals surface area contributed by atoms with Crippen LogP contribution in [0.15, 0.2) is 0 Å². The Balaban J connectivity index is 1.72. The van der Waals surface area contributed by atoms with E-state index in [1.165, 1.54) is 20.0 Å². The second-order valence-electron chi connectivity index (χ2n) is 5.40. The summed E-state index contributed by atoms with van der Waals surface area (Å²) in [6, 6.07) is 0.464. The second-order valence-corrected chi connectivity index (χ2v) is 5.40. The zero-order chi connectivity index (χ0) is 14.4. The van der Waals surface area contributed by atoms with Gasteiger partial charge in [-0.05, 0) is 12.8 Å². The number of methoxy groups -OCH3 is 1. The van der Waals surface area contributed by atoms with Gasteiger partial charge < -0.3 is 14.8 Å². The zero-order valence-corrected chi connectivity index (χ0v) is 12.1. The van der Waals surface area contributed by atoms with Crippen molar-refractivity contribution in [3.05, 3.63) is 0 Å². The minimum Gasteiger partial charge on any atom is -0.468 e. The third-order valence-corrected chi connectivity index (χ3v) is 4.13. The van der Waals surface area contributed by atoms with E-state index in [-0.39, 0.29) is 12.5 Å². The minimum absolute atomic E-state index is 0.0511. The topological polar surface area (TPSA) is 67.9 Å². The Morgan fingerprint density at radius 2 is 2.15 bits per heavy atom. The number of carbonyl (C=O) groups is 2. The Labute approximate surface area is 119 Å². The van der Waals surface area contributed by atoms with Crippen LogP contribution in [-0.2, 0) is 19.1 Å². The molecule has 6 heteroatoms. The highest BCUT2D eigenvalue weighted by molar-refractivity contribution is 5.81. The molecule has 1 saturated carbocycles. The Kier molecular flexibility index (Phi) is 5.79. The van der Waals surface area contributed by atoms with Crippen molar-refractivity contribution in [2.75, 3.05) is 33.4 Å². The van der Waals surface area contributed by atoms with Crippen molar-refractivity contribution in [3.63, 3.8) is 0 Å². The number of esters is 1. The maximum atomic E-state index is 11.7. The van der Waals surface area contributed by atoms with Gasteiger partial charge in [0.2, 0.25) is 5.91 Å². The van der Waals surface area contributed by atoms with Crippen LogP contribution in [0, 0.1) is 0 Å². The van der Waals surface area contributed by atoms with Crippen LogP contribution in [0.4, 0.5) is 0 Å². The van der Waals surface area contributed by atoms with Crippen LogP contribution in [0.1, 0.15) is 32.1 Å². The molecule has 114 valence electrons. The lowest BCUT2D eigenvalue weighted by molar-refractivity contribution is -0.141. The monoisotopic (exact) mass is 284 g/mol. The molecule has 2 fully saturated rings. The summed E-state index contributed by atoms with van der Waals surface area (Å²) in [5, 5.41) is 2.57. The predicted octanol–water partition coefficient (Wildman–Crippen LogP) is 0.309. The first kappa shape index (κ1) is 15.3. The molecule has 1 aliphatic heterocycles. The van der Waals surface area contributed by atoms with Gasteiger partial charge in [-0.1, -0.05) is 12.8 Å². The van der Waals surface area contributed by atoms with Gasteiger partial charge in [-0.15, -0.1) is 0 Å². The smallest absolute Gasteiger partial charge is 0.325 e. The standard InChI is InChI=1S/C14H24N2O4/c1-19-14(18)10-15-13(17)6-7-16-8-9-20-12-5-3-2-4-11(12)16/h11-12H,2-10H2,1H3,(H,15,17)/t11-,12+/m1/s1. The second kappa shape index (κ2) is 7.59. The molecule has 0 aromatic rings. The SMILES string of the molecule is COC(=O)CNC(=O)CCN1CCO[C@H]2CCCC[C@H]21. The van der Waals surface area contributed by atoms with Crippen LogP contribution in [0.25, 0.3) is 0 Å². The van der Waals surface area contributed by atoms with Gasteiger partial charge in [0.05, 0.1) is 19.8 Å². The average molecular weight is 284 g/mol. The fraction of sp³-hybridized carbons (Fsp3) is 0.857. The van der Waals surface area contributed by atoms with E-state index in [1.54, 1.807) is 0 Å². The molecular formula is C14H24N2O4. The number of ether oxygens (including phenoxy) is 2. The molecule has 20 heavy (non-hydrogen) atoms. The lowest BCUT2D eigenvalue weighted by Gasteiger charge is -2.43. The first-order valence-electron chi connectivity index (χ1n) is 7.40. The van der Waals surface area contributed by atoms with E-state index in [4.69, 9.17) is 4.74 Å². The van der Waals surface area contributed by atoms with E-state index < -0.39 is 5.97 Å². The number of nitrogens with one attached hydrogen (secondary N) is 1. The number of carbonyl (C=O) groups excluding carboxylic acids is 2. The molecule has 2 aliphatic rings. The van der Waals surface area contributed by atoms with Crippen molar-refractivity contribution < 1.29 is 19.1 Å². The molecular weight excluding hydrogens is 260 g/mol. The van der Waals surface area contributed by atoms with E-state index in [2.05, 4.69) is 15.0 Å². The number of morpholine rings is 1. The van der Waals surface area contributed by atoms with Crippen molar-refractivity contribution in [3.8, 4) is 0 Å². The van der Waals surface area contributed by atoms with Gasteiger partial charge in [-0.2, -0.15) is 0 Å². The molecule has 0 aromatic carbocycles. The normalized spacial score (nSPS) is 26.6. The summed E-state index contributed by atoms with van der Waals surface area (Å²) in [7, 11) is 1.31. The minimum atomic E-state index is -0.419. The first-order valence-corrected chi connectivity index (χ1v) is 7.40. The number of fused-ring (bicyclic) bond motifs is 1. The van der Waals surface area contributed by atoms with E-state index in [0.717, 1.165) is 32.5 Å². The third kappa shape index (κ3) is 4.18. The molecule has 0 aromatic heterocycles. The number of amides is 1. The van der Waals surface area contributed by atoms with Gasteiger partial charge in [-0.25, -0.2) is 0 Å². The van der Waals surface area contributed by atoms with Crippen molar-refractivity contribution in [2.45, 2.75) is 44.2 Å². The quantitative estimate of drug-likeness (QED) is 0.736. The fourth-order valence-corrected chi connectivity index (χ4v) is 3.03. The molecule has 0 spiro atoms. The van der Waals surface area contributed by atoms with Crippen LogP contribution >= 0.6 is 0 Å². The Bertz CT molecular complexity index is 346. The van der Waals surface area contributed by atoms with Crippen molar-refractivity contribution >= 4 is 11.9 Å². The maximum absolute atomic E-state index is 11.7. The summed E-state index contributed by atoms with van der Waals surface area (Å²) in [5.41, 5.74) is 0. The van der Waals surface area contributed by atoms with Crippen LogP contribution in [0.2, 0.25) is 0 Å². The van der Waals surface area contributed by atoms with Gasteiger partial charge in [-0.3, -0.25) is 14.5 Å². The van der Waals surface area contributed by atoms with Crippen LogP contribution < -0.4 is 5.32 Å². The summed E-state index contributed by atoms with van der Waals surface area (Å²) < 4.78 is 10.3. The van der Waals surface area contributed by atoms with Gasteiger partial charge in [0, 0.05) is 25.6 Å². The lowest BCUT2D eigenvalue weighted by atomic mass is 9.90. The van der Waals surface area contributed by atoms with Gasteiger partial charge in [0.25, 0.3) is 0 Å². The predicted molar refractivity (Wildman–Crippen MR) is 73.2 cm³/mol. The summed E-state index contributed by atoms with van der Waals surface area (Å²) in [6.07, 6.45) is 5.55. The third-order valence-electron chi connectivity index (χ3n) is 4.13. The van der Waals surface area contributed by atoms with Crippen molar-refractivity contribution in [2.24, 2.45) is 0 Å². The number of nitrogens with zero attached hydrogens (tertiary/aromatic N) is 1. The van der Waals surface area contributed by atoms with Crippen LogP contribution in [0.3, 0.4) is 0 Å². The Hall–Kier alpha value is -1.14. The summed E-state index contributed by atoms with van der Waals surface area (Å²) in [4.78, 5) is 25.0. The summed E-state index contributed by atoms with van der Waals surface area (Å²) >= 11 is 0. The Morgan fingerprint density at radius 1 is 1.35 bits per heavy atom. The molecule has 1 saturated heterocycles. The molecule has 0 radical (unpaired) electrons. The van der Waals surface area contributed by atoms with E-state index >= 15 is 0 Å². The van der Waals surface area contributed by atoms with Crippen LogP contribution in [0.5, 0.6) is 0 Å². The largest absolute Gasteiger partial charge is 0.468 e. The zero-order valence-electron chi connectivity index (χ0n) is 12.1. The Morgan fingerprint density at radius 3 is 2.95 bits per heavy atom. The van der Waals surface area contributed by atoms with Crippen LogP contribution in [-0.4, -0.2) is 62.3 Å². The molecule has 6 nitrogen and oxygen atoms in total. The first-order chi connectivity index (χ1) is 9.70. The summed E-state index contributed by atoms with van der Waals surface area (Å²) in [6.45, 7) is 2.33. The van der Waals surface area contributed by atoms with Gasteiger partial charge in [0.15, 0.2) is 0 Å². The van der Waals surface area contributed by atoms with E-state index in [9.17, 15) is 9.59 Å². The number of hydrogen-bond donors (Lipinski definition) is 1. The summed E-state index contributed by atoms with van der Waals surface area (Å²) in [5.74, 6) is -0.522. The highest BCUT2D eigenvalue weighted by Crippen LogP contribution is 2.28. The molecule has 1 heterocycles. The number of rotatable bonds is 5. The molecule has 2 rings (SSSR count). The highest BCUT2D eigenvalue weighted by atomic mass is 16.5. The molecule has 1 N–H and O–H groups in total.